The van der Waals surface area contributed by atoms with Crippen molar-refractivity contribution in [2.24, 2.45) is 0 Å². The molecule has 0 aliphatic carbocycles. The number of anilines is 2. The maximum Gasteiger partial charge on any atom is 0.314 e. The first-order valence-corrected chi connectivity index (χ1v) is 7.77. The summed E-state index contributed by atoms with van der Waals surface area (Å²) in [5.74, 6) is -1.53. The molecule has 7 heteroatoms. The lowest BCUT2D eigenvalue weighted by molar-refractivity contribution is -0.133. The number of aryl methyl sites for hydroxylation is 1. The zero-order valence-electron chi connectivity index (χ0n) is 14.0. The third-order valence-corrected chi connectivity index (χ3v) is 3.87. The number of ketones is 1. The standard InChI is InChI=1S/C18H17ClN2O4/c1-10-7-15(16(25-3)9-14(10)19)21-18(24)17(23)20-13-6-4-5-12(8-13)11(2)22/h4-9H,1-3H3,(H,20,23)(H,21,24). The first-order valence-electron chi connectivity index (χ1n) is 7.39. The average Bonchev–Trinajstić information content (AvgIpc) is 2.58. The molecule has 0 spiro atoms. The van der Waals surface area contributed by atoms with Gasteiger partial charge >= 0.3 is 11.8 Å². The van der Waals surface area contributed by atoms with Crippen LogP contribution >= 0.6 is 11.6 Å². The molecular weight excluding hydrogens is 344 g/mol. The Morgan fingerprint density at radius 3 is 2.36 bits per heavy atom. The van der Waals surface area contributed by atoms with Crippen LogP contribution in [0.3, 0.4) is 0 Å². The first kappa shape index (κ1) is 18.5. The van der Waals surface area contributed by atoms with Crippen molar-refractivity contribution >= 4 is 40.6 Å². The minimum Gasteiger partial charge on any atom is -0.495 e. The Morgan fingerprint density at radius 2 is 1.72 bits per heavy atom. The first-order chi connectivity index (χ1) is 11.8. The highest BCUT2D eigenvalue weighted by Crippen LogP contribution is 2.30. The number of rotatable bonds is 4. The molecule has 0 aliphatic rings. The summed E-state index contributed by atoms with van der Waals surface area (Å²) >= 11 is 6.01. The summed E-state index contributed by atoms with van der Waals surface area (Å²) in [4.78, 5) is 35.6. The predicted octanol–water partition coefficient (Wildman–Crippen LogP) is 3.44. The molecule has 25 heavy (non-hydrogen) atoms. The molecule has 2 aromatic rings. The van der Waals surface area contributed by atoms with Gasteiger partial charge in [-0.1, -0.05) is 23.7 Å². The topological polar surface area (TPSA) is 84.5 Å². The van der Waals surface area contributed by atoms with Crippen molar-refractivity contribution in [3.8, 4) is 5.75 Å². The van der Waals surface area contributed by atoms with Crippen LogP contribution in [-0.2, 0) is 9.59 Å². The number of nitrogens with one attached hydrogen (secondary N) is 2. The third kappa shape index (κ3) is 4.58. The van der Waals surface area contributed by atoms with Gasteiger partial charge in [-0.15, -0.1) is 0 Å². The van der Waals surface area contributed by atoms with Crippen molar-refractivity contribution in [1.82, 2.24) is 0 Å². The molecule has 2 rings (SSSR count). The van der Waals surface area contributed by atoms with E-state index in [1.165, 1.54) is 20.1 Å². The number of carbonyl (C=O) groups is 3. The zero-order valence-corrected chi connectivity index (χ0v) is 14.7. The van der Waals surface area contributed by atoms with E-state index in [4.69, 9.17) is 16.3 Å². The van der Waals surface area contributed by atoms with Gasteiger partial charge in [0.1, 0.15) is 5.75 Å². The summed E-state index contributed by atoms with van der Waals surface area (Å²) < 4.78 is 5.15. The number of amides is 2. The Labute approximate surface area is 150 Å². The maximum atomic E-state index is 12.1. The van der Waals surface area contributed by atoms with Crippen molar-refractivity contribution in [2.45, 2.75) is 13.8 Å². The molecule has 0 saturated carbocycles. The minimum atomic E-state index is -0.867. The molecule has 2 aromatic carbocycles. The molecule has 6 nitrogen and oxygen atoms in total. The highest BCUT2D eigenvalue weighted by molar-refractivity contribution is 6.44. The molecule has 130 valence electrons. The summed E-state index contributed by atoms with van der Waals surface area (Å²) in [6.45, 7) is 3.19. The number of benzene rings is 2. The highest BCUT2D eigenvalue weighted by atomic mass is 35.5. The number of carbonyl (C=O) groups excluding carboxylic acids is 3. The van der Waals surface area contributed by atoms with Gasteiger partial charge in [0, 0.05) is 22.3 Å². The predicted molar refractivity (Wildman–Crippen MR) is 96.4 cm³/mol. The molecule has 0 saturated heterocycles. The molecule has 0 unspecified atom stereocenters. The Bertz CT molecular complexity index is 849. The van der Waals surface area contributed by atoms with Crippen LogP contribution in [0.25, 0.3) is 0 Å². The van der Waals surface area contributed by atoms with Crippen LogP contribution in [0.1, 0.15) is 22.8 Å². The van der Waals surface area contributed by atoms with E-state index in [9.17, 15) is 14.4 Å². The van der Waals surface area contributed by atoms with E-state index in [1.807, 2.05) is 0 Å². The van der Waals surface area contributed by atoms with E-state index in [0.29, 0.717) is 27.7 Å². The fourth-order valence-corrected chi connectivity index (χ4v) is 2.27. The Hall–Kier alpha value is -2.86. The van der Waals surface area contributed by atoms with Crippen LogP contribution in [0.2, 0.25) is 5.02 Å². The van der Waals surface area contributed by atoms with E-state index in [1.54, 1.807) is 37.3 Å². The maximum absolute atomic E-state index is 12.1. The second-order valence-corrected chi connectivity index (χ2v) is 5.75. The van der Waals surface area contributed by atoms with E-state index in [2.05, 4.69) is 10.6 Å². The van der Waals surface area contributed by atoms with Crippen molar-refractivity contribution in [1.29, 1.82) is 0 Å². The Kier molecular flexibility index (Phi) is 5.77. The van der Waals surface area contributed by atoms with E-state index >= 15 is 0 Å². The number of Topliss-reactive ketones (excluding diaryl/α,β-unsaturated/α-hetero) is 1. The molecule has 0 fully saturated rings. The molecule has 0 atom stereocenters. The van der Waals surface area contributed by atoms with Gasteiger partial charge < -0.3 is 15.4 Å². The summed E-state index contributed by atoms with van der Waals surface area (Å²) in [6.07, 6.45) is 0. The molecule has 0 bridgehead atoms. The van der Waals surface area contributed by atoms with Gasteiger partial charge in [0.15, 0.2) is 5.78 Å². The van der Waals surface area contributed by atoms with E-state index in [-0.39, 0.29) is 5.78 Å². The normalized spacial score (nSPS) is 10.1. The Balaban J connectivity index is 2.13. The van der Waals surface area contributed by atoms with Gasteiger partial charge in [0.05, 0.1) is 12.8 Å². The molecular formula is C18H17ClN2O4. The van der Waals surface area contributed by atoms with Crippen LogP contribution in [0.15, 0.2) is 36.4 Å². The number of methoxy groups -OCH3 is 1. The average molecular weight is 361 g/mol. The van der Waals surface area contributed by atoms with Crippen molar-refractivity contribution in [3.63, 3.8) is 0 Å². The number of hydrogen-bond acceptors (Lipinski definition) is 4. The SMILES string of the molecule is COc1cc(Cl)c(C)cc1NC(=O)C(=O)Nc1cccc(C(C)=O)c1. The van der Waals surface area contributed by atoms with Gasteiger partial charge in [-0.3, -0.25) is 14.4 Å². The summed E-state index contributed by atoms with van der Waals surface area (Å²) in [7, 11) is 1.43. The van der Waals surface area contributed by atoms with Crippen molar-refractivity contribution < 1.29 is 19.1 Å². The molecule has 0 heterocycles. The summed E-state index contributed by atoms with van der Waals surface area (Å²) in [5.41, 5.74) is 1.86. The van der Waals surface area contributed by atoms with Crippen LogP contribution in [0.4, 0.5) is 11.4 Å². The smallest absolute Gasteiger partial charge is 0.314 e. The highest BCUT2D eigenvalue weighted by Gasteiger charge is 2.17. The minimum absolute atomic E-state index is 0.137. The monoisotopic (exact) mass is 360 g/mol. The third-order valence-electron chi connectivity index (χ3n) is 3.46. The van der Waals surface area contributed by atoms with E-state index in [0.717, 1.165) is 5.56 Å². The van der Waals surface area contributed by atoms with Gasteiger partial charge in [-0.25, -0.2) is 0 Å². The van der Waals surface area contributed by atoms with Gasteiger partial charge in [0.25, 0.3) is 0 Å². The van der Waals surface area contributed by atoms with Crippen molar-refractivity contribution in [3.05, 3.63) is 52.5 Å². The van der Waals surface area contributed by atoms with Gasteiger partial charge in [-0.05, 0) is 37.6 Å². The lowest BCUT2D eigenvalue weighted by Gasteiger charge is -2.12. The van der Waals surface area contributed by atoms with Crippen LogP contribution in [0, 0.1) is 6.92 Å². The number of halogens is 1. The lowest BCUT2D eigenvalue weighted by atomic mass is 10.1. The molecule has 0 aromatic heterocycles. The Morgan fingerprint density at radius 1 is 1.04 bits per heavy atom. The zero-order chi connectivity index (χ0) is 18.6. The molecule has 2 N–H and O–H groups in total. The fraction of sp³-hybridized carbons (Fsp3) is 0.167. The van der Waals surface area contributed by atoms with Gasteiger partial charge in [0.2, 0.25) is 0 Å². The number of ether oxygens (including phenoxy) is 1. The summed E-state index contributed by atoms with van der Waals surface area (Å²) in [5, 5.41) is 5.42. The largest absolute Gasteiger partial charge is 0.495 e. The van der Waals surface area contributed by atoms with Crippen LogP contribution in [-0.4, -0.2) is 24.7 Å². The molecule has 0 radical (unpaired) electrons. The fourth-order valence-electron chi connectivity index (χ4n) is 2.11. The van der Waals surface area contributed by atoms with E-state index < -0.39 is 11.8 Å². The quantitative estimate of drug-likeness (QED) is 0.646. The second-order valence-electron chi connectivity index (χ2n) is 5.35. The summed E-state index contributed by atoms with van der Waals surface area (Å²) in [6, 6.07) is 9.50. The second kappa shape index (κ2) is 7.81. The van der Waals surface area contributed by atoms with Crippen molar-refractivity contribution in [2.75, 3.05) is 17.7 Å². The van der Waals surface area contributed by atoms with Crippen LogP contribution in [0.5, 0.6) is 5.75 Å². The van der Waals surface area contributed by atoms with Crippen LogP contribution < -0.4 is 15.4 Å². The molecule has 0 aliphatic heterocycles. The molecule has 2 amide bonds. The lowest BCUT2D eigenvalue weighted by Crippen LogP contribution is -2.29. The van der Waals surface area contributed by atoms with Gasteiger partial charge in [-0.2, -0.15) is 0 Å². The number of hydrogen-bond donors (Lipinski definition) is 2.